The Morgan fingerprint density at radius 3 is 2.92 bits per heavy atom. The molecule has 0 unspecified atom stereocenters. The maximum Gasteiger partial charge on any atom is 0.253 e. The van der Waals surface area contributed by atoms with Crippen LogP contribution in [-0.2, 0) is 9.53 Å². The van der Waals surface area contributed by atoms with Crippen LogP contribution >= 0.6 is 0 Å². The first-order chi connectivity index (χ1) is 11.7. The lowest BCUT2D eigenvalue weighted by Gasteiger charge is -2.32. The number of anilines is 1. The third kappa shape index (κ3) is 3.96. The molecule has 2 saturated heterocycles. The van der Waals surface area contributed by atoms with E-state index in [0.717, 1.165) is 38.8 Å². The van der Waals surface area contributed by atoms with Gasteiger partial charge in [0.05, 0.1) is 0 Å². The average Bonchev–Trinajstić information content (AvgIpc) is 3.16. The zero-order valence-electron chi connectivity index (χ0n) is 14.3. The molecule has 1 N–H and O–H groups in total. The topological polar surface area (TPSA) is 58.6 Å². The number of hydrogen-bond acceptors (Lipinski definition) is 3. The van der Waals surface area contributed by atoms with Crippen molar-refractivity contribution in [2.24, 2.45) is 5.92 Å². The van der Waals surface area contributed by atoms with Gasteiger partial charge in [0.25, 0.3) is 11.8 Å². The van der Waals surface area contributed by atoms with Crippen molar-refractivity contribution in [3.63, 3.8) is 0 Å². The molecular formula is C19H26N2O3. The van der Waals surface area contributed by atoms with Gasteiger partial charge in [0.2, 0.25) is 0 Å². The number of hydrogen-bond donors (Lipinski definition) is 1. The van der Waals surface area contributed by atoms with Gasteiger partial charge in [-0.1, -0.05) is 19.4 Å². The SMILES string of the molecule is CC[C@H]1CCCN(C(=O)c2cccc(NC(=O)[C@@H]3CCCO3)c2)C1. The van der Waals surface area contributed by atoms with Crippen LogP contribution in [-0.4, -0.2) is 42.5 Å². The first-order valence-electron chi connectivity index (χ1n) is 8.99. The summed E-state index contributed by atoms with van der Waals surface area (Å²) in [7, 11) is 0. The second kappa shape index (κ2) is 7.79. The molecule has 5 nitrogen and oxygen atoms in total. The van der Waals surface area contributed by atoms with Crippen molar-refractivity contribution in [2.75, 3.05) is 25.0 Å². The van der Waals surface area contributed by atoms with Gasteiger partial charge in [0, 0.05) is 30.9 Å². The van der Waals surface area contributed by atoms with Crippen LogP contribution in [0, 0.1) is 5.92 Å². The Kier molecular flexibility index (Phi) is 5.51. The summed E-state index contributed by atoms with van der Waals surface area (Å²) in [6.45, 7) is 4.48. The molecule has 5 heteroatoms. The third-order valence-corrected chi connectivity index (χ3v) is 4.98. The van der Waals surface area contributed by atoms with Crippen LogP contribution < -0.4 is 5.32 Å². The summed E-state index contributed by atoms with van der Waals surface area (Å²) in [6, 6.07) is 7.22. The van der Waals surface area contributed by atoms with Crippen molar-refractivity contribution in [3.8, 4) is 0 Å². The molecule has 0 bridgehead atoms. The van der Waals surface area contributed by atoms with E-state index in [2.05, 4.69) is 12.2 Å². The van der Waals surface area contributed by atoms with Crippen molar-refractivity contribution in [1.82, 2.24) is 4.90 Å². The molecule has 0 spiro atoms. The van der Waals surface area contributed by atoms with Crippen LogP contribution in [0.2, 0.25) is 0 Å². The quantitative estimate of drug-likeness (QED) is 0.923. The van der Waals surface area contributed by atoms with Gasteiger partial charge in [-0.3, -0.25) is 9.59 Å². The van der Waals surface area contributed by atoms with Crippen molar-refractivity contribution < 1.29 is 14.3 Å². The van der Waals surface area contributed by atoms with E-state index in [-0.39, 0.29) is 17.9 Å². The van der Waals surface area contributed by atoms with E-state index < -0.39 is 0 Å². The lowest BCUT2D eigenvalue weighted by atomic mass is 9.95. The standard InChI is InChI=1S/C19H26N2O3/c1-2-14-6-4-10-21(13-14)19(23)15-7-3-8-16(12-15)20-18(22)17-9-5-11-24-17/h3,7-8,12,14,17H,2,4-6,9-11,13H2,1H3,(H,20,22)/t14-,17-/m0/s1. The van der Waals surface area contributed by atoms with E-state index in [1.807, 2.05) is 23.1 Å². The summed E-state index contributed by atoms with van der Waals surface area (Å²) in [6.07, 6.45) is 4.70. The first-order valence-corrected chi connectivity index (χ1v) is 8.99. The molecule has 0 radical (unpaired) electrons. The number of ether oxygens (including phenoxy) is 1. The van der Waals surface area contributed by atoms with Crippen LogP contribution in [0.25, 0.3) is 0 Å². The fourth-order valence-corrected chi connectivity index (χ4v) is 3.50. The van der Waals surface area contributed by atoms with Gasteiger partial charge in [-0.25, -0.2) is 0 Å². The molecule has 3 rings (SSSR count). The van der Waals surface area contributed by atoms with E-state index in [4.69, 9.17) is 4.74 Å². The van der Waals surface area contributed by atoms with Gasteiger partial charge >= 0.3 is 0 Å². The Labute approximate surface area is 143 Å². The molecule has 2 heterocycles. The Morgan fingerprint density at radius 1 is 1.29 bits per heavy atom. The highest BCUT2D eigenvalue weighted by atomic mass is 16.5. The van der Waals surface area contributed by atoms with Crippen LogP contribution in [0.15, 0.2) is 24.3 Å². The summed E-state index contributed by atoms with van der Waals surface area (Å²) in [5, 5.41) is 2.87. The zero-order valence-corrected chi connectivity index (χ0v) is 14.3. The van der Waals surface area contributed by atoms with E-state index in [0.29, 0.717) is 23.8 Å². The maximum atomic E-state index is 12.7. The molecule has 0 aromatic heterocycles. The van der Waals surface area contributed by atoms with E-state index in [9.17, 15) is 9.59 Å². The van der Waals surface area contributed by atoms with Crippen molar-refractivity contribution in [1.29, 1.82) is 0 Å². The maximum absolute atomic E-state index is 12.7. The lowest BCUT2D eigenvalue weighted by Crippen LogP contribution is -2.39. The normalized spacial score (nSPS) is 24.0. The number of benzene rings is 1. The number of nitrogens with one attached hydrogen (secondary N) is 1. The smallest absolute Gasteiger partial charge is 0.253 e. The monoisotopic (exact) mass is 330 g/mol. The highest BCUT2D eigenvalue weighted by Gasteiger charge is 2.25. The lowest BCUT2D eigenvalue weighted by molar-refractivity contribution is -0.124. The summed E-state index contributed by atoms with van der Waals surface area (Å²) in [5.74, 6) is 0.535. The Morgan fingerprint density at radius 2 is 2.17 bits per heavy atom. The van der Waals surface area contributed by atoms with Gasteiger partial charge in [0.1, 0.15) is 6.10 Å². The molecule has 2 amide bonds. The molecule has 1 aromatic carbocycles. The highest BCUT2D eigenvalue weighted by Crippen LogP contribution is 2.22. The fourth-order valence-electron chi connectivity index (χ4n) is 3.50. The Bertz CT molecular complexity index is 596. The second-order valence-electron chi connectivity index (χ2n) is 6.74. The number of carbonyl (C=O) groups is 2. The molecular weight excluding hydrogens is 304 g/mol. The molecule has 0 saturated carbocycles. The van der Waals surface area contributed by atoms with Crippen molar-refractivity contribution in [3.05, 3.63) is 29.8 Å². The van der Waals surface area contributed by atoms with E-state index in [1.54, 1.807) is 6.07 Å². The van der Waals surface area contributed by atoms with Crippen LogP contribution in [0.4, 0.5) is 5.69 Å². The number of nitrogens with zero attached hydrogens (tertiary/aromatic N) is 1. The minimum absolute atomic E-state index is 0.0568. The van der Waals surface area contributed by atoms with Gasteiger partial charge in [-0.05, 0) is 49.8 Å². The number of carbonyl (C=O) groups excluding carboxylic acids is 2. The van der Waals surface area contributed by atoms with Gasteiger partial charge in [-0.15, -0.1) is 0 Å². The molecule has 2 fully saturated rings. The summed E-state index contributed by atoms with van der Waals surface area (Å²) >= 11 is 0. The molecule has 2 aliphatic heterocycles. The van der Waals surface area contributed by atoms with Crippen molar-refractivity contribution >= 4 is 17.5 Å². The molecule has 130 valence electrons. The predicted molar refractivity (Wildman–Crippen MR) is 93.0 cm³/mol. The minimum atomic E-state index is -0.364. The highest BCUT2D eigenvalue weighted by molar-refractivity contribution is 5.98. The van der Waals surface area contributed by atoms with Gasteiger partial charge < -0.3 is 15.0 Å². The van der Waals surface area contributed by atoms with Crippen molar-refractivity contribution in [2.45, 2.75) is 45.1 Å². The van der Waals surface area contributed by atoms with E-state index >= 15 is 0 Å². The number of amides is 2. The summed E-state index contributed by atoms with van der Waals surface area (Å²) in [4.78, 5) is 26.8. The number of likely N-dealkylation sites (tertiary alicyclic amines) is 1. The molecule has 0 aliphatic carbocycles. The van der Waals surface area contributed by atoms with Gasteiger partial charge in [-0.2, -0.15) is 0 Å². The zero-order chi connectivity index (χ0) is 16.9. The van der Waals surface area contributed by atoms with E-state index in [1.165, 1.54) is 6.42 Å². The minimum Gasteiger partial charge on any atom is -0.368 e. The third-order valence-electron chi connectivity index (χ3n) is 4.98. The number of piperidine rings is 1. The molecule has 1 aromatic rings. The van der Waals surface area contributed by atoms with Crippen LogP contribution in [0.1, 0.15) is 49.4 Å². The number of rotatable bonds is 4. The largest absolute Gasteiger partial charge is 0.368 e. The summed E-state index contributed by atoms with van der Waals surface area (Å²) in [5.41, 5.74) is 1.29. The fraction of sp³-hybridized carbons (Fsp3) is 0.579. The van der Waals surface area contributed by atoms with Crippen LogP contribution in [0.5, 0.6) is 0 Å². The van der Waals surface area contributed by atoms with Gasteiger partial charge in [0.15, 0.2) is 0 Å². The summed E-state index contributed by atoms with van der Waals surface area (Å²) < 4.78 is 5.40. The first kappa shape index (κ1) is 17.0. The Balaban J connectivity index is 1.65. The molecule has 24 heavy (non-hydrogen) atoms. The molecule has 2 atom stereocenters. The second-order valence-corrected chi connectivity index (χ2v) is 6.74. The van der Waals surface area contributed by atoms with Crippen LogP contribution in [0.3, 0.4) is 0 Å². The predicted octanol–water partition coefficient (Wildman–Crippen LogP) is 3.07. The molecule has 2 aliphatic rings. The average molecular weight is 330 g/mol. The Hall–Kier alpha value is -1.88.